The Balaban J connectivity index is 3.16. The second-order valence-electron chi connectivity index (χ2n) is 2.69. The van der Waals surface area contributed by atoms with Gasteiger partial charge in [0.15, 0.2) is 0 Å². The number of rotatable bonds is 3. The average molecular weight is 236 g/mol. The fourth-order valence-corrected chi connectivity index (χ4v) is 1.26. The van der Waals surface area contributed by atoms with E-state index in [1.807, 2.05) is 0 Å². The first kappa shape index (κ1) is 11.8. The second kappa shape index (κ2) is 5.02. The van der Waals surface area contributed by atoms with Crippen LogP contribution in [0.25, 0.3) is 0 Å². The van der Waals surface area contributed by atoms with Gasteiger partial charge in [-0.3, -0.25) is 4.98 Å². The van der Waals surface area contributed by atoms with Crippen molar-refractivity contribution in [2.24, 2.45) is 0 Å². The molecule has 0 N–H and O–H groups in total. The van der Waals surface area contributed by atoms with E-state index in [0.717, 1.165) is 12.3 Å². The first-order valence-corrected chi connectivity index (χ1v) is 4.54. The molecule has 0 radical (unpaired) electrons. The summed E-state index contributed by atoms with van der Waals surface area (Å²) in [5, 5.41) is 0. The minimum Gasteiger partial charge on any atom is -0.465 e. The van der Waals surface area contributed by atoms with Gasteiger partial charge in [0.25, 0.3) is 6.43 Å². The monoisotopic (exact) mass is 235 g/mol. The van der Waals surface area contributed by atoms with Gasteiger partial charge >= 0.3 is 5.97 Å². The van der Waals surface area contributed by atoms with Crippen molar-refractivity contribution in [3.8, 4) is 0 Å². The Morgan fingerprint density at radius 1 is 1.67 bits per heavy atom. The van der Waals surface area contributed by atoms with Crippen LogP contribution >= 0.6 is 11.6 Å². The fraction of sp³-hybridized carbons (Fsp3) is 0.333. The predicted molar refractivity (Wildman–Crippen MR) is 50.1 cm³/mol. The molecule has 1 rings (SSSR count). The predicted octanol–water partition coefficient (Wildman–Crippen LogP) is 2.54. The lowest BCUT2D eigenvalue weighted by atomic mass is 10.1. The third kappa shape index (κ3) is 2.62. The number of aromatic nitrogens is 1. The van der Waals surface area contributed by atoms with Crippen LogP contribution in [0.15, 0.2) is 12.3 Å². The lowest BCUT2D eigenvalue weighted by molar-refractivity contribution is 0.0599. The van der Waals surface area contributed by atoms with Crippen molar-refractivity contribution in [3.63, 3.8) is 0 Å². The van der Waals surface area contributed by atoms with Crippen LogP contribution in [0, 0.1) is 0 Å². The molecular weight excluding hydrogens is 228 g/mol. The van der Waals surface area contributed by atoms with E-state index in [1.54, 1.807) is 0 Å². The average Bonchev–Trinajstić information content (AvgIpc) is 2.27. The lowest BCUT2D eigenvalue weighted by Gasteiger charge is -2.06. The molecule has 0 atom stereocenters. The van der Waals surface area contributed by atoms with Gasteiger partial charge in [0.2, 0.25) is 0 Å². The quantitative estimate of drug-likeness (QED) is 0.597. The Morgan fingerprint density at radius 2 is 2.33 bits per heavy atom. The van der Waals surface area contributed by atoms with Crippen molar-refractivity contribution in [3.05, 3.63) is 29.1 Å². The number of carbonyl (C=O) groups excluding carboxylic acids is 1. The molecule has 6 heteroatoms. The number of hydrogen-bond donors (Lipinski definition) is 0. The summed E-state index contributed by atoms with van der Waals surface area (Å²) in [5.41, 5.74) is -0.283. The summed E-state index contributed by atoms with van der Waals surface area (Å²) in [6.45, 7) is 0. The summed E-state index contributed by atoms with van der Waals surface area (Å²) in [6, 6.07) is 1.04. The summed E-state index contributed by atoms with van der Waals surface area (Å²) in [4.78, 5) is 14.7. The number of alkyl halides is 3. The maximum atomic E-state index is 12.5. The number of nitrogens with zero attached hydrogens (tertiary/aromatic N) is 1. The molecule has 0 aliphatic heterocycles. The molecule has 1 aromatic rings. The molecule has 0 unspecified atom stereocenters. The maximum absolute atomic E-state index is 12.5. The van der Waals surface area contributed by atoms with Gasteiger partial charge in [-0.15, -0.1) is 11.6 Å². The first-order chi connectivity index (χ1) is 7.10. The van der Waals surface area contributed by atoms with Crippen molar-refractivity contribution in [1.29, 1.82) is 0 Å². The number of hydrogen-bond acceptors (Lipinski definition) is 3. The van der Waals surface area contributed by atoms with Crippen molar-refractivity contribution >= 4 is 17.6 Å². The van der Waals surface area contributed by atoms with E-state index in [9.17, 15) is 13.6 Å². The van der Waals surface area contributed by atoms with Crippen LogP contribution in [0.1, 0.15) is 28.0 Å². The van der Waals surface area contributed by atoms with Crippen LogP contribution in [-0.4, -0.2) is 18.1 Å². The van der Waals surface area contributed by atoms with Gasteiger partial charge in [-0.2, -0.15) is 0 Å². The van der Waals surface area contributed by atoms with Gasteiger partial charge in [0.05, 0.1) is 24.2 Å². The van der Waals surface area contributed by atoms with E-state index in [0.29, 0.717) is 0 Å². The van der Waals surface area contributed by atoms with E-state index >= 15 is 0 Å². The van der Waals surface area contributed by atoms with Crippen LogP contribution in [0.5, 0.6) is 0 Å². The van der Waals surface area contributed by atoms with Crippen LogP contribution in [0.4, 0.5) is 8.78 Å². The molecule has 0 spiro atoms. The summed E-state index contributed by atoms with van der Waals surface area (Å²) in [6.07, 6.45) is -1.55. The van der Waals surface area contributed by atoms with E-state index in [-0.39, 0.29) is 22.7 Å². The minimum atomic E-state index is -2.71. The third-order valence-corrected chi connectivity index (χ3v) is 2.04. The number of carbonyl (C=O) groups is 1. The molecule has 15 heavy (non-hydrogen) atoms. The normalized spacial score (nSPS) is 10.5. The molecule has 3 nitrogen and oxygen atoms in total. The van der Waals surface area contributed by atoms with Gasteiger partial charge in [-0.05, 0) is 6.07 Å². The van der Waals surface area contributed by atoms with Crippen molar-refractivity contribution < 1.29 is 18.3 Å². The Kier molecular flexibility index (Phi) is 3.96. The molecule has 0 fully saturated rings. The largest absolute Gasteiger partial charge is 0.465 e. The van der Waals surface area contributed by atoms with Crippen LogP contribution in [0.3, 0.4) is 0 Å². The molecule has 0 bridgehead atoms. The first-order valence-electron chi connectivity index (χ1n) is 4.01. The van der Waals surface area contributed by atoms with Crippen LogP contribution in [0.2, 0.25) is 0 Å². The van der Waals surface area contributed by atoms with Crippen LogP contribution < -0.4 is 0 Å². The van der Waals surface area contributed by atoms with Gasteiger partial charge in [0, 0.05) is 11.8 Å². The molecule has 0 saturated carbocycles. The summed E-state index contributed by atoms with van der Waals surface area (Å²) in [7, 11) is 1.17. The van der Waals surface area contributed by atoms with Gasteiger partial charge < -0.3 is 4.74 Å². The Labute approximate surface area is 90.0 Å². The molecule has 0 aromatic carbocycles. The standard InChI is InChI=1S/C9H8ClF2NO2/c1-15-9(14)5-2-6(8(11)12)7(3-10)13-4-5/h2,4,8H,3H2,1H3. The SMILES string of the molecule is COC(=O)c1cnc(CCl)c(C(F)F)c1. The molecule has 0 aliphatic carbocycles. The zero-order chi connectivity index (χ0) is 11.4. The van der Waals surface area contributed by atoms with Gasteiger partial charge in [-0.1, -0.05) is 0 Å². The van der Waals surface area contributed by atoms with Crippen molar-refractivity contribution in [2.75, 3.05) is 7.11 Å². The highest BCUT2D eigenvalue weighted by Gasteiger charge is 2.17. The highest BCUT2D eigenvalue weighted by atomic mass is 35.5. The highest BCUT2D eigenvalue weighted by molar-refractivity contribution is 6.17. The van der Waals surface area contributed by atoms with E-state index in [4.69, 9.17) is 11.6 Å². The van der Waals surface area contributed by atoms with Gasteiger partial charge in [-0.25, -0.2) is 13.6 Å². The van der Waals surface area contributed by atoms with E-state index in [2.05, 4.69) is 9.72 Å². The van der Waals surface area contributed by atoms with Gasteiger partial charge in [0.1, 0.15) is 0 Å². The number of pyridine rings is 1. The second-order valence-corrected chi connectivity index (χ2v) is 2.95. The number of methoxy groups -OCH3 is 1. The molecular formula is C9H8ClF2NO2. The lowest BCUT2D eigenvalue weighted by Crippen LogP contribution is -2.05. The number of halogens is 3. The summed E-state index contributed by atoms with van der Waals surface area (Å²) < 4.78 is 29.4. The third-order valence-electron chi connectivity index (χ3n) is 1.79. The smallest absolute Gasteiger partial charge is 0.339 e. The van der Waals surface area contributed by atoms with E-state index in [1.165, 1.54) is 7.11 Å². The van der Waals surface area contributed by atoms with Crippen molar-refractivity contribution in [2.45, 2.75) is 12.3 Å². The topological polar surface area (TPSA) is 39.2 Å². The molecule has 0 saturated heterocycles. The highest BCUT2D eigenvalue weighted by Crippen LogP contribution is 2.23. The summed E-state index contributed by atoms with van der Waals surface area (Å²) in [5.74, 6) is -0.827. The van der Waals surface area contributed by atoms with Crippen LogP contribution in [-0.2, 0) is 10.6 Å². The molecule has 0 aliphatic rings. The molecule has 1 heterocycles. The molecule has 1 aromatic heterocycles. The molecule has 0 amide bonds. The molecule has 82 valence electrons. The Morgan fingerprint density at radius 3 is 2.80 bits per heavy atom. The summed E-state index contributed by atoms with van der Waals surface area (Å²) >= 11 is 5.43. The zero-order valence-corrected chi connectivity index (χ0v) is 8.59. The minimum absolute atomic E-state index is 0.0123. The Bertz CT molecular complexity index is 371. The van der Waals surface area contributed by atoms with E-state index < -0.39 is 12.4 Å². The zero-order valence-electron chi connectivity index (χ0n) is 7.84. The Hall–Kier alpha value is -1.23. The van der Waals surface area contributed by atoms with Crippen molar-refractivity contribution in [1.82, 2.24) is 4.98 Å². The maximum Gasteiger partial charge on any atom is 0.339 e. The fourth-order valence-electron chi connectivity index (χ4n) is 1.04. The number of ether oxygens (including phenoxy) is 1. The number of esters is 1.